The lowest BCUT2D eigenvalue weighted by Crippen LogP contribution is -2.33. The number of halogens is 1. The Bertz CT molecular complexity index is 1100. The number of nitrogens with one attached hydrogen (secondary N) is 2. The average molecular weight is 477 g/mol. The van der Waals surface area contributed by atoms with E-state index in [0.717, 1.165) is 30.9 Å². The first-order chi connectivity index (χ1) is 17.0. The van der Waals surface area contributed by atoms with E-state index in [4.69, 9.17) is 0 Å². The number of fused-ring (bicyclic) bond motifs is 1. The van der Waals surface area contributed by atoms with E-state index in [9.17, 15) is 4.39 Å². The number of imidazole rings is 1. The maximum atomic E-state index is 12.4. The van der Waals surface area contributed by atoms with Gasteiger partial charge in [-0.3, -0.25) is 0 Å². The predicted molar refractivity (Wildman–Crippen MR) is 147 cm³/mol. The van der Waals surface area contributed by atoms with Crippen LogP contribution < -0.4 is 10.6 Å². The summed E-state index contributed by atoms with van der Waals surface area (Å²) in [7, 11) is 0. The molecule has 1 aromatic heterocycles. The van der Waals surface area contributed by atoms with Gasteiger partial charge < -0.3 is 15.2 Å². The maximum absolute atomic E-state index is 12.4. The summed E-state index contributed by atoms with van der Waals surface area (Å²) < 4.78 is 14.5. The van der Waals surface area contributed by atoms with Gasteiger partial charge in [-0.25, -0.2) is 9.37 Å². The largest absolute Gasteiger partial charge is 0.385 e. The second kappa shape index (κ2) is 13.2. The molecule has 0 saturated carbocycles. The Morgan fingerprint density at radius 2 is 1.83 bits per heavy atom. The average Bonchev–Trinajstić information content (AvgIpc) is 3.29. The summed E-state index contributed by atoms with van der Waals surface area (Å²) in [5, 5.41) is 6.72. The first kappa shape index (κ1) is 26.7. The molecule has 1 unspecified atom stereocenters. The third-order valence-corrected chi connectivity index (χ3v) is 6.47. The molecule has 2 aromatic carbocycles. The molecule has 5 rings (SSSR count). The maximum Gasteiger partial charge on any atom is 0.123 e. The predicted octanol–water partition coefficient (Wildman–Crippen LogP) is 7.11. The van der Waals surface area contributed by atoms with Crippen LogP contribution in [-0.4, -0.2) is 28.7 Å². The molecule has 2 N–H and O–H groups in total. The van der Waals surface area contributed by atoms with Crippen molar-refractivity contribution < 1.29 is 4.39 Å². The Morgan fingerprint density at radius 3 is 2.43 bits per heavy atom. The van der Waals surface area contributed by atoms with Gasteiger partial charge in [0, 0.05) is 30.2 Å². The number of aromatic nitrogens is 2. The van der Waals surface area contributed by atoms with E-state index in [1.54, 1.807) is 17.7 Å². The molecule has 0 bridgehead atoms. The molecule has 1 saturated heterocycles. The number of hydrogen-bond donors (Lipinski definition) is 2. The molecule has 0 radical (unpaired) electrons. The molecule has 2 aliphatic rings. The highest BCUT2D eigenvalue weighted by atomic mass is 19.1. The normalized spacial score (nSPS) is 17.3. The van der Waals surface area contributed by atoms with Gasteiger partial charge in [0.1, 0.15) is 5.82 Å². The zero-order chi connectivity index (χ0) is 25.2. The van der Waals surface area contributed by atoms with Crippen molar-refractivity contribution in [3.63, 3.8) is 0 Å². The lowest BCUT2D eigenvalue weighted by atomic mass is 9.82. The van der Waals surface area contributed by atoms with E-state index in [-0.39, 0.29) is 5.82 Å². The summed E-state index contributed by atoms with van der Waals surface area (Å²) in [6.45, 7) is 12.5. The highest BCUT2D eigenvalue weighted by Crippen LogP contribution is 2.34. The van der Waals surface area contributed by atoms with Crippen molar-refractivity contribution in [2.24, 2.45) is 0 Å². The first-order valence-corrected chi connectivity index (χ1v) is 13.1. The van der Waals surface area contributed by atoms with E-state index in [2.05, 4.69) is 58.4 Å². The van der Waals surface area contributed by atoms with Gasteiger partial charge in [-0.15, -0.1) is 0 Å². The number of benzene rings is 2. The minimum atomic E-state index is -0.188. The molecular formula is C30H41FN4. The molecule has 1 fully saturated rings. The molecule has 1 aliphatic carbocycles. The van der Waals surface area contributed by atoms with Gasteiger partial charge in [0.15, 0.2) is 0 Å². The monoisotopic (exact) mass is 476 g/mol. The molecule has 5 heteroatoms. The minimum Gasteiger partial charge on any atom is -0.385 e. The van der Waals surface area contributed by atoms with E-state index >= 15 is 0 Å². The first-order valence-electron chi connectivity index (χ1n) is 13.1. The number of aryl methyl sites for hydroxylation is 1. The number of hydrogen-bond acceptors (Lipinski definition) is 3. The number of piperidine rings is 1. The van der Waals surface area contributed by atoms with Gasteiger partial charge in [0.2, 0.25) is 0 Å². The van der Waals surface area contributed by atoms with Crippen LogP contribution in [0.4, 0.5) is 10.1 Å². The van der Waals surface area contributed by atoms with Crippen LogP contribution in [0.25, 0.3) is 11.8 Å². The van der Waals surface area contributed by atoms with Crippen molar-refractivity contribution in [1.29, 1.82) is 0 Å². The summed E-state index contributed by atoms with van der Waals surface area (Å²) >= 11 is 0. The standard InChI is InChI=1S/C19H23N3.C9H12FN.C2H6/c1-13-11-22(12-21-13)19-8-5-16(17-6-7-18(17)19)10-15-4-3-9-20-14(15)2;1-2-7-11-9-5-3-8(10)4-6-9;1-2/h5,8,10-12,14,20H,3-4,6-7,9H2,1-2H3;3-6,11H,2,7H2,1H3;1-2H3/b15-10+;;. The van der Waals surface area contributed by atoms with Gasteiger partial charge in [0.05, 0.1) is 12.0 Å². The van der Waals surface area contributed by atoms with E-state index < -0.39 is 0 Å². The van der Waals surface area contributed by atoms with Crippen molar-refractivity contribution in [3.8, 4) is 5.69 Å². The topological polar surface area (TPSA) is 41.9 Å². The van der Waals surface area contributed by atoms with Crippen LogP contribution in [0.3, 0.4) is 0 Å². The summed E-state index contributed by atoms with van der Waals surface area (Å²) in [4.78, 5) is 4.36. The summed E-state index contributed by atoms with van der Waals surface area (Å²) in [5.74, 6) is -0.188. The fourth-order valence-electron chi connectivity index (χ4n) is 4.47. The van der Waals surface area contributed by atoms with E-state index in [1.807, 2.05) is 27.1 Å². The fourth-order valence-corrected chi connectivity index (χ4v) is 4.47. The smallest absolute Gasteiger partial charge is 0.123 e. The molecule has 188 valence electrons. The molecule has 2 heterocycles. The van der Waals surface area contributed by atoms with Gasteiger partial charge >= 0.3 is 0 Å². The quantitative estimate of drug-likeness (QED) is 0.412. The highest BCUT2D eigenvalue weighted by molar-refractivity contribution is 5.66. The second-order valence-corrected chi connectivity index (χ2v) is 8.99. The molecular weight excluding hydrogens is 435 g/mol. The molecule has 1 atom stereocenters. The van der Waals surface area contributed by atoms with Crippen LogP contribution in [0.15, 0.2) is 54.5 Å². The zero-order valence-electron chi connectivity index (χ0n) is 22.0. The van der Waals surface area contributed by atoms with Gasteiger partial charge in [-0.2, -0.15) is 0 Å². The third kappa shape index (κ3) is 7.04. The number of rotatable bonds is 5. The molecule has 3 aromatic rings. The van der Waals surface area contributed by atoms with Gasteiger partial charge in [-0.1, -0.05) is 38.5 Å². The van der Waals surface area contributed by atoms with E-state index in [1.165, 1.54) is 60.2 Å². The molecule has 35 heavy (non-hydrogen) atoms. The highest BCUT2D eigenvalue weighted by Gasteiger charge is 2.22. The second-order valence-electron chi connectivity index (χ2n) is 8.99. The SMILES string of the molecule is CC.CCCNc1ccc(F)cc1.Cc1cn(-c2ccc(/C=C3\CCCNC3C)c3c2CC3)cn1. The minimum absolute atomic E-state index is 0.188. The Balaban J connectivity index is 0.000000223. The van der Waals surface area contributed by atoms with Gasteiger partial charge in [0.25, 0.3) is 0 Å². The summed E-state index contributed by atoms with van der Waals surface area (Å²) in [5.41, 5.74) is 9.37. The van der Waals surface area contributed by atoms with Crippen LogP contribution in [-0.2, 0) is 12.8 Å². The van der Waals surface area contributed by atoms with Crippen LogP contribution in [0.5, 0.6) is 0 Å². The zero-order valence-corrected chi connectivity index (χ0v) is 22.0. The Hall–Kier alpha value is -2.92. The van der Waals surface area contributed by atoms with E-state index in [0.29, 0.717) is 6.04 Å². The van der Waals surface area contributed by atoms with Crippen molar-refractivity contribution >= 4 is 11.8 Å². The van der Waals surface area contributed by atoms with Crippen LogP contribution in [0.2, 0.25) is 0 Å². The van der Waals surface area contributed by atoms with Crippen molar-refractivity contribution in [2.75, 3.05) is 18.4 Å². The summed E-state index contributed by atoms with van der Waals surface area (Å²) in [6, 6.07) is 11.5. The van der Waals surface area contributed by atoms with Crippen molar-refractivity contribution in [3.05, 3.63) is 82.7 Å². The van der Waals surface area contributed by atoms with Crippen molar-refractivity contribution in [2.45, 2.75) is 72.8 Å². The lowest BCUT2D eigenvalue weighted by molar-refractivity contribution is 0.520. The van der Waals surface area contributed by atoms with Gasteiger partial charge in [-0.05, 0) is 99.5 Å². The Morgan fingerprint density at radius 1 is 1.09 bits per heavy atom. The third-order valence-electron chi connectivity index (χ3n) is 6.47. The van der Waals surface area contributed by atoms with Crippen LogP contribution >= 0.6 is 0 Å². The number of nitrogens with zero attached hydrogens (tertiary/aromatic N) is 2. The molecule has 4 nitrogen and oxygen atoms in total. The Labute approximate surface area is 210 Å². The number of anilines is 1. The lowest BCUT2D eigenvalue weighted by Gasteiger charge is -2.27. The molecule has 0 spiro atoms. The molecule has 0 amide bonds. The van der Waals surface area contributed by atoms with Crippen LogP contribution in [0.1, 0.15) is 69.3 Å². The Kier molecular flexibility index (Phi) is 10.1. The van der Waals surface area contributed by atoms with Crippen molar-refractivity contribution in [1.82, 2.24) is 14.9 Å². The fraction of sp³-hybridized carbons (Fsp3) is 0.433. The van der Waals surface area contributed by atoms with Crippen LogP contribution in [0, 0.1) is 12.7 Å². The molecule has 1 aliphatic heterocycles. The summed E-state index contributed by atoms with van der Waals surface area (Å²) in [6.07, 6.45) is 12.4.